The Labute approximate surface area is 95.3 Å². The average molecular weight is 216 g/mol. The molecule has 16 heavy (non-hydrogen) atoms. The first-order valence-corrected chi connectivity index (χ1v) is 5.30. The third kappa shape index (κ3) is 2.09. The molecule has 0 radical (unpaired) electrons. The molecule has 84 valence electrons. The van der Waals surface area contributed by atoms with E-state index in [0.717, 1.165) is 22.8 Å². The molecular weight excluding hydrogens is 200 g/mol. The van der Waals surface area contributed by atoms with Gasteiger partial charge in [-0.3, -0.25) is 0 Å². The minimum atomic E-state index is -0.206. The van der Waals surface area contributed by atoms with Gasteiger partial charge in [-0.15, -0.1) is 0 Å². The van der Waals surface area contributed by atoms with E-state index in [1.54, 1.807) is 0 Å². The van der Waals surface area contributed by atoms with Crippen molar-refractivity contribution in [3.63, 3.8) is 0 Å². The predicted molar refractivity (Wildman–Crippen MR) is 65.5 cm³/mol. The van der Waals surface area contributed by atoms with Gasteiger partial charge in [0, 0.05) is 12.7 Å². The van der Waals surface area contributed by atoms with Crippen molar-refractivity contribution in [1.29, 1.82) is 0 Å². The van der Waals surface area contributed by atoms with Gasteiger partial charge in [0.25, 0.3) is 0 Å². The first-order valence-electron chi connectivity index (χ1n) is 5.30. The van der Waals surface area contributed by atoms with E-state index in [1.165, 1.54) is 0 Å². The Morgan fingerprint density at radius 1 is 1.25 bits per heavy atom. The molecule has 0 aliphatic heterocycles. The molecule has 3 heteroatoms. The zero-order chi connectivity index (χ0) is 11.5. The third-order valence-electron chi connectivity index (χ3n) is 2.60. The molecule has 2 rings (SSSR count). The molecule has 0 spiro atoms. The zero-order valence-corrected chi connectivity index (χ0v) is 9.53. The van der Waals surface area contributed by atoms with E-state index in [0.29, 0.717) is 0 Å². The van der Waals surface area contributed by atoms with Crippen molar-refractivity contribution in [3.05, 3.63) is 53.5 Å². The van der Waals surface area contributed by atoms with E-state index in [2.05, 4.69) is 5.32 Å². The monoisotopic (exact) mass is 216 g/mol. The highest BCUT2D eigenvalue weighted by atomic mass is 16.3. The van der Waals surface area contributed by atoms with Gasteiger partial charge in [0.1, 0.15) is 11.5 Å². The number of rotatable bonds is 3. The first-order chi connectivity index (χ1) is 7.70. The Hall–Kier alpha value is -1.74. The second-order valence-electron chi connectivity index (χ2n) is 3.80. The van der Waals surface area contributed by atoms with Crippen LogP contribution in [0.2, 0.25) is 0 Å². The lowest BCUT2D eigenvalue weighted by atomic mass is 10.1. The molecule has 0 saturated carbocycles. The van der Waals surface area contributed by atoms with Gasteiger partial charge in [0.2, 0.25) is 0 Å². The van der Waals surface area contributed by atoms with Crippen LogP contribution in [-0.4, -0.2) is 7.05 Å². The second kappa shape index (κ2) is 4.41. The maximum absolute atomic E-state index is 6.13. The van der Waals surface area contributed by atoms with Crippen molar-refractivity contribution in [1.82, 2.24) is 0 Å². The van der Waals surface area contributed by atoms with E-state index < -0.39 is 0 Å². The lowest BCUT2D eigenvalue weighted by Crippen LogP contribution is -2.11. The van der Waals surface area contributed by atoms with Gasteiger partial charge in [-0.1, -0.05) is 12.1 Å². The summed E-state index contributed by atoms with van der Waals surface area (Å²) in [6.07, 6.45) is 0. The van der Waals surface area contributed by atoms with Gasteiger partial charge in [0.05, 0.1) is 6.04 Å². The molecule has 1 atom stereocenters. The number of benzene rings is 1. The van der Waals surface area contributed by atoms with Crippen LogP contribution in [0.15, 0.2) is 40.8 Å². The highest BCUT2D eigenvalue weighted by Gasteiger charge is 2.12. The molecule has 3 nitrogen and oxygen atoms in total. The number of hydrogen-bond acceptors (Lipinski definition) is 3. The molecule has 2 aromatic rings. The molecule has 0 aliphatic carbocycles. The van der Waals surface area contributed by atoms with Crippen LogP contribution in [0.4, 0.5) is 5.69 Å². The number of nitrogens with two attached hydrogens (primary N) is 1. The lowest BCUT2D eigenvalue weighted by Gasteiger charge is -2.10. The van der Waals surface area contributed by atoms with Crippen molar-refractivity contribution in [2.45, 2.75) is 13.0 Å². The number of nitrogens with one attached hydrogen (secondary N) is 1. The summed E-state index contributed by atoms with van der Waals surface area (Å²) in [5, 5.41) is 3.09. The summed E-state index contributed by atoms with van der Waals surface area (Å²) in [4.78, 5) is 0. The summed E-state index contributed by atoms with van der Waals surface area (Å²) >= 11 is 0. The van der Waals surface area contributed by atoms with E-state index in [4.69, 9.17) is 10.2 Å². The first kappa shape index (κ1) is 10.8. The number of anilines is 1. The van der Waals surface area contributed by atoms with Gasteiger partial charge in [-0.25, -0.2) is 0 Å². The summed E-state index contributed by atoms with van der Waals surface area (Å²) in [5.41, 5.74) is 8.23. The fourth-order valence-corrected chi connectivity index (χ4v) is 1.67. The molecule has 0 saturated heterocycles. The van der Waals surface area contributed by atoms with Crippen molar-refractivity contribution in [3.8, 4) is 0 Å². The van der Waals surface area contributed by atoms with Crippen molar-refractivity contribution < 1.29 is 4.42 Å². The van der Waals surface area contributed by atoms with Crippen LogP contribution in [-0.2, 0) is 0 Å². The molecule has 1 aromatic carbocycles. The van der Waals surface area contributed by atoms with Crippen LogP contribution < -0.4 is 11.1 Å². The van der Waals surface area contributed by atoms with E-state index in [9.17, 15) is 0 Å². The predicted octanol–water partition coefficient (Wildman–Crippen LogP) is 2.68. The average Bonchev–Trinajstić information content (AvgIpc) is 2.75. The van der Waals surface area contributed by atoms with Crippen molar-refractivity contribution in [2.24, 2.45) is 5.73 Å². The molecule has 1 unspecified atom stereocenters. The van der Waals surface area contributed by atoms with Crippen molar-refractivity contribution >= 4 is 5.69 Å². The Morgan fingerprint density at radius 3 is 2.69 bits per heavy atom. The standard InChI is InChI=1S/C13H16N2O/c1-9-6-7-12(16-9)13(14)10-4-3-5-11(8-10)15-2/h3-8,13,15H,14H2,1-2H3. The minimum Gasteiger partial charge on any atom is -0.464 e. The summed E-state index contributed by atoms with van der Waals surface area (Å²) < 4.78 is 5.53. The summed E-state index contributed by atoms with van der Waals surface area (Å²) in [6, 6.07) is 11.7. The Bertz CT molecular complexity index is 476. The highest BCUT2D eigenvalue weighted by Crippen LogP contribution is 2.23. The molecule has 0 aliphatic rings. The normalized spacial score (nSPS) is 12.4. The molecular formula is C13H16N2O. The molecule has 3 N–H and O–H groups in total. The minimum absolute atomic E-state index is 0.206. The van der Waals surface area contributed by atoms with E-state index in [-0.39, 0.29) is 6.04 Å². The second-order valence-corrected chi connectivity index (χ2v) is 3.80. The fourth-order valence-electron chi connectivity index (χ4n) is 1.67. The van der Waals surface area contributed by atoms with Crippen LogP contribution in [0, 0.1) is 6.92 Å². The Morgan fingerprint density at radius 2 is 2.06 bits per heavy atom. The summed E-state index contributed by atoms with van der Waals surface area (Å²) in [6.45, 7) is 1.92. The van der Waals surface area contributed by atoms with E-state index >= 15 is 0 Å². The summed E-state index contributed by atoms with van der Waals surface area (Å²) in [5.74, 6) is 1.68. The largest absolute Gasteiger partial charge is 0.464 e. The quantitative estimate of drug-likeness (QED) is 0.829. The third-order valence-corrected chi connectivity index (χ3v) is 2.60. The van der Waals surface area contributed by atoms with Gasteiger partial charge in [0.15, 0.2) is 0 Å². The molecule has 0 bridgehead atoms. The molecule has 0 fully saturated rings. The maximum Gasteiger partial charge on any atom is 0.125 e. The van der Waals surface area contributed by atoms with Crippen LogP contribution >= 0.6 is 0 Å². The maximum atomic E-state index is 6.13. The fraction of sp³-hybridized carbons (Fsp3) is 0.231. The van der Waals surface area contributed by atoms with Gasteiger partial charge >= 0.3 is 0 Å². The Kier molecular flexibility index (Phi) is 2.97. The van der Waals surface area contributed by atoms with Crippen LogP contribution in [0.5, 0.6) is 0 Å². The topological polar surface area (TPSA) is 51.2 Å². The molecule has 1 heterocycles. The van der Waals surface area contributed by atoms with Crippen LogP contribution in [0.3, 0.4) is 0 Å². The number of aryl methyl sites for hydroxylation is 1. The number of hydrogen-bond donors (Lipinski definition) is 2. The Balaban J connectivity index is 2.29. The SMILES string of the molecule is CNc1cccc(C(N)c2ccc(C)o2)c1. The van der Waals surface area contributed by atoms with Gasteiger partial charge < -0.3 is 15.5 Å². The highest BCUT2D eigenvalue weighted by molar-refractivity contribution is 5.46. The van der Waals surface area contributed by atoms with Crippen LogP contribution in [0.25, 0.3) is 0 Å². The molecule has 1 aromatic heterocycles. The van der Waals surface area contributed by atoms with Crippen molar-refractivity contribution in [2.75, 3.05) is 12.4 Å². The number of furan rings is 1. The van der Waals surface area contributed by atoms with Gasteiger partial charge in [-0.2, -0.15) is 0 Å². The smallest absolute Gasteiger partial charge is 0.125 e. The van der Waals surface area contributed by atoms with Gasteiger partial charge in [-0.05, 0) is 36.8 Å². The van der Waals surface area contributed by atoms with E-state index in [1.807, 2.05) is 50.4 Å². The molecule has 0 amide bonds. The lowest BCUT2D eigenvalue weighted by molar-refractivity contribution is 0.466. The van der Waals surface area contributed by atoms with Crippen LogP contribution in [0.1, 0.15) is 23.1 Å². The summed E-state index contributed by atoms with van der Waals surface area (Å²) in [7, 11) is 1.89. The zero-order valence-electron chi connectivity index (χ0n) is 9.53.